The van der Waals surface area contributed by atoms with Crippen LogP contribution < -0.4 is 10.1 Å². The third-order valence-electron chi connectivity index (χ3n) is 10.8. The number of esters is 1. The number of carbonyl (C=O) groups excluding carboxylic acids is 2. The Morgan fingerprint density at radius 3 is 2.18 bits per heavy atom. The number of pyridine rings is 1. The average molecular weight is 765 g/mol. The Kier molecular flexibility index (Phi) is 15.3. The van der Waals surface area contributed by atoms with E-state index in [1.165, 1.54) is 6.20 Å². The summed E-state index contributed by atoms with van der Waals surface area (Å²) in [6.07, 6.45) is 6.46. The Hall–Kier alpha value is -5.17. The number of amides is 1. The summed E-state index contributed by atoms with van der Waals surface area (Å²) in [6, 6.07) is 30.3. The quantitative estimate of drug-likeness (QED) is 0.0435. The van der Waals surface area contributed by atoms with Gasteiger partial charge in [-0.05, 0) is 74.1 Å². The number of aromatic nitrogens is 1. The van der Waals surface area contributed by atoms with Crippen LogP contribution in [0.15, 0.2) is 103 Å². The molecule has 6 rings (SSSR count). The Bertz CT molecular complexity index is 1820. The summed E-state index contributed by atoms with van der Waals surface area (Å²) in [6.45, 7) is 3.01. The summed E-state index contributed by atoms with van der Waals surface area (Å²) < 4.78 is 23.3. The van der Waals surface area contributed by atoms with Crippen molar-refractivity contribution in [2.75, 3.05) is 26.4 Å². The van der Waals surface area contributed by atoms with Crippen molar-refractivity contribution in [1.29, 1.82) is 0 Å². The molecule has 12 heteroatoms. The summed E-state index contributed by atoms with van der Waals surface area (Å²) in [5.74, 6) is 0.737. The standard InChI is InChI=1S/C44H52N4O8/c49-43(21-20-40(35-22-25-53-26-23-35)45-29-37-28-42(46-30-41(37)48(51)52)56-39-14-8-3-9-15-39)47(24-27-54-31-33-10-4-1-5-11-33)38-18-16-36(17-19-38)44(50)55-32-34-12-6-2-7-13-34/h1-15,28,30,35-36,38,40,45H,16-27,29,31-32H2/t36-,38+,40-/m0/s1. The molecule has 0 bridgehead atoms. The second-order valence-corrected chi connectivity index (χ2v) is 14.5. The SMILES string of the molecule is O=C(CC[C@H](NCc1cc(Oc2ccccc2)ncc1[N+](=O)[O-])C1CCOCC1)N(CCOCc1ccccc1)[C@H]1CC[C@@H](C(=O)OCc2ccccc2)CC1. The van der Waals surface area contributed by atoms with Crippen LogP contribution in [0.25, 0.3) is 0 Å². The molecule has 0 unspecified atom stereocenters. The number of ether oxygens (including phenoxy) is 4. The molecule has 2 aliphatic rings. The summed E-state index contributed by atoms with van der Waals surface area (Å²) >= 11 is 0. The number of nitrogens with one attached hydrogen (secondary N) is 1. The van der Waals surface area contributed by atoms with Crippen molar-refractivity contribution < 1.29 is 33.5 Å². The molecule has 1 aliphatic carbocycles. The van der Waals surface area contributed by atoms with Gasteiger partial charge in [0.25, 0.3) is 5.69 Å². The Balaban J connectivity index is 1.10. The van der Waals surface area contributed by atoms with Crippen molar-refractivity contribution in [2.45, 2.75) is 83.2 Å². The lowest BCUT2D eigenvalue weighted by Crippen LogP contribution is -2.46. The fourth-order valence-corrected chi connectivity index (χ4v) is 7.63. The van der Waals surface area contributed by atoms with Crippen molar-refractivity contribution in [3.05, 3.63) is 130 Å². The lowest BCUT2D eigenvalue weighted by atomic mass is 9.85. The first kappa shape index (κ1) is 40.5. The Morgan fingerprint density at radius 2 is 1.52 bits per heavy atom. The second-order valence-electron chi connectivity index (χ2n) is 14.5. The molecular weight excluding hydrogens is 713 g/mol. The topological polar surface area (TPSA) is 142 Å². The summed E-state index contributed by atoms with van der Waals surface area (Å²) in [4.78, 5) is 44.9. The zero-order chi connectivity index (χ0) is 39.0. The van der Waals surface area contributed by atoms with Gasteiger partial charge in [0.1, 0.15) is 18.6 Å². The third kappa shape index (κ3) is 12.2. The molecule has 3 aromatic carbocycles. The average Bonchev–Trinajstić information content (AvgIpc) is 3.24. The number of hydrogen-bond donors (Lipinski definition) is 1. The van der Waals surface area contributed by atoms with E-state index in [9.17, 15) is 19.7 Å². The van der Waals surface area contributed by atoms with Gasteiger partial charge in [0.15, 0.2) is 0 Å². The lowest BCUT2D eigenvalue weighted by molar-refractivity contribution is -0.386. The molecule has 1 N–H and O–H groups in total. The number of nitro groups is 1. The van der Waals surface area contributed by atoms with E-state index in [4.69, 9.17) is 18.9 Å². The van der Waals surface area contributed by atoms with Gasteiger partial charge in [-0.1, -0.05) is 78.9 Å². The maximum Gasteiger partial charge on any atom is 0.309 e. The molecule has 1 amide bonds. The van der Waals surface area contributed by atoms with Crippen molar-refractivity contribution in [2.24, 2.45) is 11.8 Å². The molecule has 2 heterocycles. The highest BCUT2D eigenvalue weighted by atomic mass is 16.6. The van der Waals surface area contributed by atoms with Gasteiger partial charge in [-0.15, -0.1) is 0 Å². The van der Waals surface area contributed by atoms with Crippen LogP contribution in [0.5, 0.6) is 11.6 Å². The van der Waals surface area contributed by atoms with E-state index in [1.807, 2.05) is 83.8 Å². The number of nitrogens with zero attached hydrogens (tertiary/aromatic N) is 3. The van der Waals surface area contributed by atoms with Gasteiger partial charge in [0, 0.05) is 50.9 Å². The van der Waals surface area contributed by atoms with E-state index in [0.717, 1.165) is 24.0 Å². The molecule has 1 aromatic heterocycles. The van der Waals surface area contributed by atoms with Gasteiger partial charge in [0.2, 0.25) is 11.8 Å². The first-order chi connectivity index (χ1) is 27.4. The number of benzene rings is 3. The molecule has 12 nitrogen and oxygen atoms in total. The monoisotopic (exact) mass is 764 g/mol. The number of hydrogen-bond acceptors (Lipinski definition) is 10. The maximum absolute atomic E-state index is 14.2. The zero-order valence-electron chi connectivity index (χ0n) is 31.8. The van der Waals surface area contributed by atoms with Crippen LogP contribution in [0.3, 0.4) is 0 Å². The van der Waals surface area contributed by atoms with Crippen LogP contribution in [0.1, 0.15) is 68.1 Å². The van der Waals surface area contributed by atoms with E-state index < -0.39 is 4.92 Å². The molecule has 56 heavy (non-hydrogen) atoms. The van der Waals surface area contributed by atoms with Crippen LogP contribution in [0.2, 0.25) is 0 Å². The van der Waals surface area contributed by atoms with Crippen LogP contribution in [0.4, 0.5) is 5.69 Å². The molecule has 1 saturated heterocycles. The molecule has 296 valence electrons. The highest BCUT2D eigenvalue weighted by Crippen LogP contribution is 2.31. The van der Waals surface area contributed by atoms with E-state index in [0.29, 0.717) is 82.8 Å². The molecule has 1 aliphatic heterocycles. The second kappa shape index (κ2) is 21.2. The first-order valence-corrected chi connectivity index (χ1v) is 19.7. The van der Waals surface area contributed by atoms with Crippen LogP contribution in [-0.4, -0.2) is 65.1 Å². The third-order valence-corrected chi connectivity index (χ3v) is 10.8. The zero-order valence-corrected chi connectivity index (χ0v) is 31.8. The molecule has 0 radical (unpaired) electrons. The molecule has 0 spiro atoms. The number of rotatable bonds is 19. The maximum atomic E-state index is 14.2. The molecule has 1 saturated carbocycles. The Labute approximate surface area is 328 Å². The largest absolute Gasteiger partial charge is 0.461 e. The number of para-hydroxylation sites is 1. The lowest BCUT2D eigenvalue weighted by Gasteiger charge is -2.37. The molecule has 1 atom stereocenters. The minimum atomic E-state index is -0.432. The van der Waals surface area contributed by atoms with Gasteiger partial charge in [0.05, 0.1) is 29.6 Å². The van der Waals surface area contributed by atoms with Crippen molar-refractivity contribution in [3.63, 3.8) is 0 Å². The summed E-state index contributed by atoms with van der Waals surface area (Å²) in [5, 5.41) is 15.6. The van der Waals surface area contributed by atoms with Crippen molar-refractivity contribution >= 4 is 17.6 Å². The fraction of sp³-hybridized carbons (Fsp3) is 0.432. The summed E-state index contributed by atoms with van der Waals surface area (Å²) in [5.41, 5.74) is 2.38. The minimum absolute atomic E-state index is 0.0157. The van der Waals surface area contributed by atoms with Crippen molar-refractivity contribution in [3.8, 4) is 11.6 Å². The first-order valence-electron chi connectivity index (χ1n) is 19.7. The molecule has 2 fully saturated rings. The minimum Gasteiger partial charge on any atom is -0.461 e. The normalized spacial score (nSPS) is 17.8. The number of carbonyl (C=O) groups is 2. The van der Waals surface area contributed by atoms with Crippen LogP contribution >= 0.6 is 0 Å². The van der Waals surface area contributed by atoms with Gasteiger partial charge in [-0.2, -0.15) is 0 Å². The van der Waals surface area contributed by atoms with Gasteiger partial charge in [-0.25, -0.2) is 4.98 Å². The smallest absolute Gasteiger partial charge is 0.309 e. The Morgan fingerprint density at radius 1 is 0.875 bits per heavy atom. The van der Waals surface area contributed by atoms with Gasteiger partial charge >= 0.3 is 5.97 Å². The summed E-state index contributed by atoms with van der Waals surface area (Å²) in [7, 11) is 0. The predicted molar refractivity (Wildman–Crippen MR) is 211 cm³/mol. The predicted octanol–water partition coefficient (Wildman–Crippen LogP) is 7.79. The fourth-order valence-electron chi connectivity index (χ4n) is 7.63. The van der Waals surface area contributed by atoms with E-state index >= 15 is 0 Å². The van der Waals surface area contributed by atoms with Crippen LogP contribution in [0, 0.1) is 22.0 Å². The highest BCUT2D eigenvalue weighted by molar-refractivity contribution is 5.77. The van der Waals surface area contributed by atoms with E-state index in [1.54, 1.807) is 18.2 Å². The van der Waals surface area contributed by atoms with Crippen LogP contribution in [-0.2, 0) is 43.6 Å². The van der Waals surface area contributed by atoms with Gasteiger partial charge < -0.3 is 29.2 Å². The highest BCUT2D eigenvalue weighted by Gasteiger charge is 2.33. The van der Waals surface area contributed by atoms with Gasteiger partial charge in [-0.3, -0.25) is 19.7 Å². The van der Waals surface area contributed by atoms with E-state index in [-0.39, 0.29) is 60.5 Å². The molecular formula is C44H52N4O8. The molecule has 4 aromatic rings. The van der Waals surface area contributed by atoms with E-state index in [2.05, 4.69) is 10.3 Å². The van der Waals surface area contributed by atoms with Crippen molar-refractivity contribution in [1.82, 2.24) is 15.2 Å².